The molecule has 156 valence electrons. The van der Waals surface area contributed by atoms with Crippen molar-refractivity contribution >= 4 is 23.2 Å². The fraction of sp³-hybridized carbons (Fsp3) is 0.500. The van der Waals surface area contributed by atoms with Crippen LogP contribution < -0.4 is 4.74 Å². The SMILES string of the molecule is COc1cc(C(=O)N2CCN(C(C)=O)CC2Cc2cscn2)ccc1C(C)(C)C. The number of rotatable bonds is 4. The molecule has 2 heterocycles. The van der Waals surface area contributed by atoms with Crippen molar-refractivity contribution in [2.45, 2.75) is 45.6 Å². The number of carbonyl (C=O) groups is 2. The Morgan fingerprint density at radius 1 is 1.28 bits per heavy atom. The van der Waals surface area contributed by atoms with Gasteiger partial charge in [-0.3, -0.25) is 9.59 Å². The first-order valence-corrected chi connectivity index (χ1v) is 10.8. The van der Waals surface area contributed by atoms with Gasteiger partial charge in [-0.1, -0.05) is 26.8 Å². The number of carbonyl (C=O) groups excluding carboxylic acids is 2. The third-order valence-electron chi connectivity index (χ3n) is 5.37. The van der Waals surface area contributed by atoms with Gasteiger partial charge < -0.3 is 14.5 Å². The van der Waals surface area contributed by atoms with Crippen molar-refractivity contribution in [1.29, 1.82) is 0 Å². The van der Waals surface area contributed by atoms with Crippen molar-refractivity contribution in [3.8, 4) is 5.75 Å². The standard InChI is InChI=1S/C22H29N3O3S/c1-15(26)24-8-9-25(18(12-24)11-17-13-29-14-23-17)21(27)16-6-7-19(22(2,3)4)20(10-16)28-5/h6-7,10,13-14,18H,8-9,11-12H2,1-5H3. The minimum absolute atomic E-state index is 0.0350. The van der Waals surface area contributed by atoms with Gasteiger partial charge in [0.1, 0.15) is 5.75 Å². The summed E-state index contributed by atoms with van der Waals surface area (Å²) in [7, 11) is 1.63. The van der Waals surface area contributed by atoms with E-state index in [0.29, 0.717) is 31.6 Å². The van der Waals surface area contributed by atoms with Crippen molar-refractivity contribution in [2.75, 3.05) is 26.7 Å². The quantitative estimate of drug-likeness (QED) is 0.768. The summed E-state index contributed by atoms with van der Waals surface area (Å²) in [6.07, 6.45) is 0.635. The number of benzene rings is 1. The molecule has 0 N–H and O–H groups in total. The molecule has 1 aromatic heterocycles. The number of hydrogen-bond donors (Lipinski definition) is 0. The van der Waals surface area contributed by atoms with Crippen LogP contribution in [0.25, 0.3) is 0 Å². The minimum atomic E-state index is -0.101. The highest BCUT2D eigenvalue weighted by molar-refractivity contribution is 7.07. The highest BCUT2D eigenvalue weighted by Gasteiger charge is 2.33. The Morgan fingerprint density at radius 2 is 2.03 bits per heavy atom. The van der Waals surface area contributed by atoms with E-state index < -0.39 is 0 Å². The summed E-state index contributed by atoms with van der Waals surface area (Å²) in [6, 6.07) is 5.59. The molecule has 6 nitrogen and oxygen atoms in total. The van der Waals surface area contributed by atoms with Gasteiger partial charge in [0.05, 0.1) is 24.4 Å². The summed E-state index contributed by atoms with van der Waals surface area (Å²) in [6.45, 7) is 9.53. The van der Waals surface area contributed by atoms with Gasteiger partial charge in [-0.15, -0.1) is 11.3 Å². The average molecular weight is 416 g/mol. The number of hydrogen-bond acceptors (Lipinski definition) is 5. The molecule has 1 atom stereocenters. The van der Waals surface area contributed by atoms with E-state index in [1.165, 1.54) is 11.3 Å². The molecule has 1 aromatic carbocycles. The number of nitrogens with zero attached hydrogens (tertiary/aromatic N) is 3. The minimum Gasteiger partial charge on any atom is -0.496 e. The van der Waals surface area contributed by atoms with Crippen LogP contribution in [0.5, 0.6) is 5.75 Å². The summed E-state index contributed by atoms with van der Waals surface area (Å²) in [5.41, 5.74) is 4.34. The molecule has 7 heteroatoms. The lowest BCUT2D eigenvalue weighted by Gasteiger charge is -2.41. The van der Waals surface area contributed by atoms with E-state index in [9.17, 15) is 9.59 Å². The van der Waals surface area contributed by atoms with E-state index in [-0.39, 0.29) is 23.3 Å². The van der Waals surface area contributed by atoms with Crippen LogP contribution >= 0.6 is 11.3 Å². The number of ether oxygens (including phenoxy) is 1. The van der Waals surface area contributed by atoms with Gasteiger partial charge in [-0.05, 0) is 23.1 Å². The first-order valence-electron chi connectivity index (χ1n) is 9.82. The highest BCUT2D eigenvalue weighted by atomic mass is 32.1. The predicted octanol–water partition coefficient (Wildman–Crippen LogP) is 3.36. The smallest absolute Gasteiger partial charge is 0.254 e. The Hall–Kier alpha value is -2.41. The van der Waals surface area contributed by atoms with Crippen LogP contribution in [-0.2, 0) is 16.6 Å². The Labute approximate surface area is 176 Å². The molecule has 29 heavy (non-hydrogen) atoms. The molecule has 3 rings (SSSR count). The molecule has 0 bridgehead atoms. The van der Waals surface area contributed by atoms with Crippen molar-refractivity contribution in [3.63, 3.8) is 0 Å². The van der Waals surface area contributed by atoms with E-state index in [2.05, 4.69) is 25.8 Å². The molecule has 1 fully saturated rings. The maximum atomic E-state index is 13.4. The Balaban J connectivity index is 1.88. The third kappa shape index (κ3) is 4.78. The lowest BCUT2D eigenvalue weighted by Crippen LogP contribution is -2.57. The van der Waals surface area contributed by atoms with E-state index >= 15 is 0 Å². The van der Waals surface area contributed by atoms with Crippen LogP contribution in [0.2, 0.25) is 0 Å². The molecule has 2 amide bonds. The van der Waals surface area contributed by atoms with Gasteiger partial charge in [-0.25, -0.2) is 4.98 Å². The fourth-order valence-electron chi connectivity index (χ4n) is 3.77. The number of piperazine rings is 1. The molecule has 0 radical (unpaired) electrons. The molecule has 2 aromatic rings. The number of amides is 2. The summed E-state index contributed by atoms with van der Waals surface area (Å²) in [5, 5.41) is 2.00. The normalized spacial score (nSPS) is 17.3. The molecule has 0 saturated carbocycles. The molecule has 1 aliphatic heterocycles. The van der Waals surface area contributed by atoms with Crippen molar-refractivity contribution < 1.29 is 14.3 Å². The monoisotopic (exact) mass is 415 g/mol. The van der Waals surface area contributed by atoms with Crippen LogP contribution in [-0.4, -0.2) is 59.4 Å². The molecule has 0 aliphatic carbocycles. The van der Waals surface area contributed by atoms with Crippen LogP contribution in [0.1, 0.15) is 49.3 Å². The topological polar surface area (TPSA) is 62.7 Å². The first kappa shape index (κ1) is 21.3. The van der Waals surface area contributed by atoms with Crippen LogP contribution in [0.3, 0.4) is 0 Å². The van der Waals surface area contributed by atoms with Crippen LogP contribution in [0, 0.1) is 0 Å². The maximum absolute atomic E-state index is 13.4. The molecule has 1 saturated heterocycles. The van der Waals surface area contributed by atoms with Gasteiger partial charge in [0.15, 0.2) is 0 Å². The Morgan fingerprint density at radius 3 is 2.62 bits per heavy atom. The lowest BCUT2D eigenvalue weighted by molar-refractivity contribution is -0.131. The average Bonchev–Trinajstić information content (AvgIpc) is 3.19. The maximum Gasteiger partial charge on any atom is 0.254 e. The lowest BCUT2D eigenvalue weighted by atomic mass is 9.85. The van der Waals surface area contributed by atoms with E-state index in [1.54, 1.807) is 19.5 Å². The van der Waals surface area contributed by atoms with Crippen LogP contribution in [0.4, 0.5) is 0 Å². The van der Waals surface area contributed by atoms with Gasteiger partial charge in [0.2, 0.25) is 5.91 Å². The second-order valence-electron chi connectivity index (χ2n) is 8.47. The van der Waals surface area contributed by atoms with E-state index in [0.717, 1.165) is 17.0 Å². The fourth-order valence-corrected chi connectivity index (χ4v) is 4.34. The Bertz CT molecular complexity index is 874. The van der Waals surface area contributed by atoms with Crippen LogP contribution in [0.15, 0.2) is 29.1 Å². The first-order chi connectivity index (χ1) is 13.7. The summed E-state index contributed by atoms with van der Waals surface area (Å²) < 4.78 is 5.58. The predicted molar refractivity (Wildman–Crippen MR) is 115 cm³/mol. The third-order valence-corrected chi connectivity index (χ3v) is 6.01. The number of methoxy groups -OCH3 is 1. The molecule has 1 unspecified atom stereocenters. The highest BCUT2D eigenvalue weighted by Crippen LogP contribution is 2.32. The second kappa shape index (κ2) is 8.53. The largest absolute Gasteiger partial charge is 0.496 e. The zero-order chi connectivity index (χ0) is 21.2. The van der Waals surface area contributed by atoms with E-state index in [1.807, 2.05) is 33.4 Å². The van der Waals surface area contributed by atoms with Gasteiger partial charge in [0, 0.05) is 43.9 Å². The summed E-state index contributed by atoms with van der Waals surface area (Å²) in [5.74, 6) is 0.727. The summed E-state index contributed by atoms with van der Waals surface area (Å²) in [4.78, 5) is 33.4. The number of aromatic nitrogens is 1. The molecular weight excluding hydrogens is 386 g/mol. The van der Waals surface area contributed by atoms with Crippen molar-refractivity contribution in [1.82, 2.24) is 14.8 Å². The van der Waals surface area contributed by atoms with Crippen molar-refractivity contribution in [2.24, 2.45) is 0 Å². The summed E-state index contributed by atoms with van der Waals surface area (Å²) >= 11 is 1.54. The van der Waals surface area contributed by atoms with Gasteiger partial charge in [-0.2, -0.15) is 0 Å². The zero-order valence-corrected chi connectivity index (χ0v) is 18.6. The zero-order valence-electron chi connectivity index (χ0n) is 17.8. The second-order valence-corrected chi connectivity index (χ2v) is 9.19. The Kier molecular flexibility index (Phi) is 6.27. The van der Waals surface area contributed by atoms with E-state index in [4.69, 9.17) is 4.74 Å². The molecule has 1 aliphatic rings. The number of thiazole rings is 1. The molecular formula is C22H29N3O3S. The van der Waals surface area contributed by atoms with Gasteiger partial charge >= 0.3 is 0 Å². The molecule has 0 spiro atoms. The van der Waals surface area contributed by atoms with Crippen molar-refractivity contribution in [3.05, 3.63) is 45.9 Å². The van der Waals surface area contributed by atoms with Gasteiger partial charge in [0.25, 0.3) is 5.91 Å².